The number of pyridine rings is 1. The quantitative estimate of drug-likeness (QED) is 0.499. The van der Waals surface area contributed by atoms with Crippen LogP contribution >= 0.6 is 11.3 Å². The monoisotopic (exact) mass is 453 g/mol. The van der Waals surface area contributed by atoms with Crippen LogP contribution in [0.2, 0.25) is 0 Å². The molecule has 4 aromatic rings. The van der Waals surface area contributed by atoms with Gasteiger partial charge in [0.25, 0.3) is 0 Å². The SMILES string of the molecule is N#Cc1ccc(-c2nc(N3CCC4CNCC4CC3)ncc2-c2cnc3scnc3c2)cc1. The average molecular weight is 454 g/mol. The molecule has 3 aromatic heterocycles. The van der Waals surface area contributed by atoms with Crippen LogP contribution in [0.5, 0.6) is 0 Å². The van der Waals surface area contributed by atoms with Gasteiger partial charge in [-0.3, -0.25) is 0 Å². The summed E-state index contributed by atoms with van der Waals surface area (Å²) in [5.74, 6) is 2.28. The van der Waals surface area contributed by atoms with Gasteiger partial charge in [-0.1, -0.05) is 12.1 Å². The Morgan fingerprint density at radius 2 is 1.76 bits per heavy atom. The lowest BCUT2D eigenvalue weighted by molar-refractivity contribution is 0.409. The summed E-state index contributed by atoms with van der Waals surface area (Å²) in [7, 11) is 0. The van der Waals surface area contributed by atoms with Crippen LogP contribution in [0.25, 0.3) is 32.7 Å². The Balaban J connectivity index is 1.41. The van der Waals surface area contributed by atoms with Gasteiger partial charge in [0.1, 0.15) is 10.3 Å². The van der Waals surface area contributed by atoms with Crippen LogP contribution in [0, 0.1) is 23.2 Å². The summed E-state index contributed by atoms with van der Waals surface area (Å²) in [5, 5.41) is 12.8. The van der Waals surface area contributed by atoms with E-state index >= 15 is 0 Å². The zero-order chi connectivity index (χ0) is 22.2. The van der Waals surface area contributed by atoms with E-state index < -0.39 is 0 Å². The molecule has 7 nitrogen and oxygen atoms in total. The van der Waals surface area contributed by atoms with Crippen LogP contribution in [0.4, 0.5) is 5.95 Å². The normalized spacial score (nSPS) is 20.4. The summed E-state index contributed by atoms with van der Waals surface area (Å²) >= 11 is 1.53. The van der Waals surface area contributed by atoms with Gasteiger partial charge in [0.15, 0.2) is 0 Å². The van der Waals surface area contributed by atoms with E-state index in [1.807, 2.05) is 48.2 Å². The first kappa shape index (κ1) is 20.2. The van der Waals surface area contributed by atoms with Crippen LogP contribution < -0.4 is 10.2 Å². The van der Waals surface area contributed by atoms with Crippen molar-refractivity contribution in [1.82, 2.24) is 25.3 Å². The molecule has 0 bridgehead atoms. The Morgan fingerprint density at radius 1 is 0.970 bits per heavy atom. The number of benzene rings is 1. The third-order valence-corrected chi connectivity index (χ3v) is 7.61. The molecule has 0 spiro atoms. The Kier molecular flexibility index (Phi) is 5.21. The molecule has 2 saturated heterocycles. The minimum atomic E-state index is 0.632. The zero-order valence-electron chi connectivity index (χ0n) is 18.1. The summed E-state index contributed by atoms with van der Waals surface area (Å²) in [5.41, 5.74) is 6.99. The predicted molar refractivity (Wildman–Crippen MR) is 130 cm³/mol. The molecule has 2 atom stereocenters. The molecular weight excluding hydrogens is 430 g/mol. The van der Waals surface area contributed by atoms with E-state index in [1.165, 1.54) is 24.2 Å². The van der Waals surface area contributed by atoms with Crippen LogP contribution in [0.3, 0.4) is 0 Å². The van der Waals surface area contributed by atoms with Crippen LogP contribution in [0.1, 0.15) is 18.4 Å². The Hall–Kier alpha value is -3.41. The molecule has 6 rings (SSSR count). The first-order chi connectivity index (χ1) is 16.3. The van der Waals surface area contributed by atoms with Crippen molar-refractivity contribution < 1.29 is 0 Å². The molecule has 1 aromatic carbocycles. The summed E-state index contributed by atoms with van der Waals surface area (Å²) in [6.07, 6.45) is 6.11. The summed E-state index contributed by atoms with van der Waals surface area (Å²) < 4.78 is 0. The molecule has 0 radical (unpaired) electrons. The molecule has 1 N–H and O–H groups in total. The Bertz CT molecular complexity index is 1330. The molecule has 2 aliphatic rings. The highest BCUT2D eigenvalue weighted by Gasteiger charge is 2.31. The highest BCUT2D eigenvalue weighted by atomic mass is 32.1. The molecule has 5 heterocycles. The smallest absolute Gasteiger partial charge is 0.225 e. The van der Waals surface area contributed by atoms with E-state index in [9.17, 15) is 5.26 Å². The first-order valence-corrected chi connectivity index (χ1v) is 12.2. The number of anilines is 1. The van der Waals surface area contributed by atoms with Crippen molar-refractivity contribution in [3.63, 3.8) is 0 Å². The maximum Gasteiger partial charge on any atom is 0.225 e. The lowest BCUT2D eigenvalue weighted by Crippen LogP contribution is -2.27. The van der Waals surface area contributed by atoms with Crippen molar-refractivity contribution in [2.45, 2.75) is 12.8 Å². The number of rotatable bonds is 3. The van der Waals surface area contributed by atoms with Crippen molar-refractivity contribution in [3.8, 4) is 28.5 Å². The summed E-state index contributed by atoms with van der Waals surface area (Å²) in [4.78, 5) is 22.1. The predicted octanol–water partition coefficient (Wildman–Crippen LogP) is 4.12. The Labute approximate surface area is 196 Å². The highest BCUT2D eigenvalue weighted by Crippen LogP contribution is 2.34. The lowest BCUT2D eigenvalue weighted by atomic mass is 9.92. The minimum absolute atomic E-state index is 0.632. The second kappa shape index (κ2) is 8.50. The second-order valence-corrected chi connectivity index (χ2v) is 9.60. The largest absolute Gasteiger partial charge is 0.341 e. The minimum Gasteiger partial charge on any atom is -0.341 e. The van der Waals surface area contributed by atoms with Gasteiger partial charge < -0.3 is 10.2 Å². The maximum atomic E-state index is 9.22. The van der Waals surface area contributed by atoms with Gasteiger partial charge in [-0.25, -0.2) is 19.9 Å². The summed E-state index contributed by atoms with van der Waals surface area (Å²) in [6, 6.07) is 11.8. The molecule has 8 heteroatoms. The Morgan fingerprint density at radius 3 is 2.52 bits per heavy atom. The zero-order valence-corrected chi connectivity index (χ0v) is 18.9. The van der Waals surface area contributed by atoms with Crippen LogP contribution in [-0.2, 0) is 0 Å². The van der Waals surface area contributed by atoms with Crippen molar-refractivity contribution >= 4 is 27.6 Å². The third-order valence-electron chi connectivity index (χ3n) is 6.87. The van der Waals surface area contributed by atoms with Crippen LogP contribution in [0.15, 0.2) is 48.2 Å². The molecule has 0 aliphatic carbocycles. The molecule has 0 amide bonds. The molecular formula is C25H23N7S. The molecule has 2 aliphatic heterocycles. The van der Waals surface area contributed by atoms with Crippen molar-refractivity contribution in [3.05, 3.63) is 53.8 Å². The highest BCUT2D eigenvalue weighted by molar-refractivity contribution is 7.16. The number of thiazole rings is 1. The number of nitrogens with one attached hydrogen (secondary N) is 1. The van der Waals surface area contributed by atoms with Gasteiger partial charge in [0.2, 0.25) is 5.95 Å². The molecule has 2 unspecified atom stereocenters. The molecule has 2 fully saturated rings. The summed E-state index contributed by atoms with van der Waals surface area (Å²) in [6.45, 7) is 4.20. The van der Waals surface area contributed by atoms with E-state index in [2.05, 4.69) is 26.3 Å². The van der Waals surface area contributed by atoms with Gasteiger partial charge in [-0.05, 0) is 56.0 Å². The second-order valence-electron chi connectivity index (χ2n) is 8.76. The average Bonchev–Trinajstić information content (AvgIpc) is 3.48. The fraction of sp³-hybridized carbons (Fsp3) is 0.320. The van der Waals surface area contributed by atoms with Crippen LogP contribution in [-0.4, -0.2) is 46.1 Å². The number of hydrogen-bond donors (Lipinski definition) is 1. The van der Waals surface area contributed by atoms with Gasteiger partial charge >= 0.3 is 0 Å². The standard InChI is InChI=1S/C25H23N7S/c26-10-16-1-3-17(4-2-16)23-21(20-9-22-24(28-13-20)33-15-30-22)14-29-25(31-23)32-7-5-18-11-27-12-19(18)6-8-32/h1-4,9,13-15,18-19,27H,5-8,11-12H2. The first-order valence-electron chi connectivity index (χ1n) is 11.3. The van der Waals surface area contributed by atoms with E-state index in [1.54, 1.807) is 0 Å². The van der Waals surface area contributed by atoms with Gasteiger partial charge in [0, 0.05) is 42.2 Å². The van der Waals surface area contributed by atoms with E-state index in [0.29, 0.717) is 5.56 Å². The fourth-order valence-corrected chi connectivity index (χ4v) is 5.59. The number of fused-ring (bicyclic) bond motifs is 2. The lowest BCUT2D eigenvalue weighted by Gasteiger charge is -2.22. The topological polar surface area (TPSA) is 90.6 Å². The number of nitrogens with zero attached hydrogens (tertiary/aromatic N) is 6. The van der Waals surface area contributed by atoms with E-state index in [0.717, 1.165) is 76.7 Å². The number of nitriles is 1. The third kappa shape index (κ3) is 3.84. The van der Waals surface area contributed by atoms with Gasteiger partial charge in [-0.15, -0.1) is 11.3 Å². The van der Waals surface area contributed by atoms with E-state index in [-0.39, 0.29) is 0 Å². The fourth-order valence-electron chi connectivity index (χ4n) is 4.98. The van der Waals surface area contributed by atoms with Crippen molar-refractivity contribution in [2.24, 2.45) is 11.8 Å². The van der Waals surface area contributed by atoms with Gasteiger partial charge in [0.05, 0.1) is 22.8 Å². The number of hydrogen-bond acceptors (Lipinski definition) is 8. The van der Waals surface area contributed by atoms with Crippen molar-refractivity contribution in [2.75, 3.05) is 31.1 Å². The maximum absolute atomic E-state index is 9.22. The molecule has 33 heavy (non-hydrogen) atoms. The number of aromatic nitrogens is 4. The molecule has 164 valence electrons. The van der Waals surface area contributed by atoms with Crippen molar-refractivity contribution in [1.29, 1.82) is 5.26 Å². The molecule has 0 saturated carbocycles. The van der Waals surface area contributed by atoms with E-state index in [4.69, 9.17) is 9.97 Å². The van der Waals surface area contributed by atoms with Gasteiger partial charge in [-0.2, -0.15) is 5.26 Å².